The minimum atomic E-state index is -0.686. The number of carbonyl (C=O) groups is 1. The van der Waals surface area contributed by atoms with E-state index in [1.807, 2.05) is 0 Å². The van der Waals surface area contributed by atoms with E-state index in [1.54, 1.807) is 25.4 Å². The lowest BCUT2D eigenvalue weighted by atomic mass is 9.85. The Bertz CT molecular complexity index is 971. The van der Waals surface area contributed by atoms with Crippen molar-refractivity contribution in [2.24, 2.45) is 0 Å². The van der Waals surface area contributed by atoms with Gasteiger partial charge in [0.1, 0.15) is 17.5 Å². The second-order valence-corrected chi connectivity index (χ2v) is 5.78. The molecule has 0 radical (unpaired) electrons. The Kier molecular flexibility index (Phi) is 3.52. The zero-order chi connectivity index (χ0) is 17.6. The molecular formula is C17H13F2N5O. The summed E-state index contributed by atoms with van der Waals surface area (Å²) in [4.78, 5) is 20.5. The van der Waals surface area contributed by atoms with Crippen molar-refractivity contribution in [2.75, 3.05) is 5.32 Å². The number of nitrogens with one attached hydrogen (secondary N) is 1. The van der Waals surface area contributed by atoms with Crippen molar-refractivity contribution in [3.63, 3.8) is 0 Å². The zero-order valence-electron chi connectivity index (χ0n) is 13.2. The highest BCUT2D eigenvalue weighted by molar-refractivity contribution is 5.95. The molecule has 1 aromatic carbocycles. The van der Waals surface area contributed by atoms with Crippen LogP contribution in [0.1, 0.15) is 29.2 Å². The summed E-state index contributed by atoms with van der Waals surface area (Å²) in [7, 11) is 0. The summed E-state index contributed by atoms with van der Waals surface area (Å²) in [5.74, 6) is -1.47. The molecule has 4 rings (SSSR count). The Balaban J connectivity index is 1.90. The number of aromatic nitrogens is 4. The molecule has 6 nitrogen and oxygen atoms in total. The van der Waals surface area contributed by atoms with Crippen molar-refractivity contribution in [2.45, 2.75) is 19.3 Å². The van der Waals surface area contributed by atoms with E-state index < -0.39 is 17.6 Å². The first-order chi connectivity index (χ1) is 12.0. The van der Waals surface area contributed by atoms with E-state index in [-0.39, 0.29) is 17.9 Å². The third kappa shape index (κ3) is 2.55. The topological polar surface area (TPSA) is 72.7 Å². The van der Waals surface area contributed by atoms with Gasteiger partial charge in [0, 0.05) is 36.4 Å². The molecule has 126 valence electrons. The number of hydrogen-bond donors (Lipinski definition) is 1. The summed E-state index contributed by atoms with van der Waals surface area (Å²) < 4.78 is 29.0. The van der Waals surface area contributed by atoms with Crippen molar-refractivity contribution >= 4 is 11.7 Å². The predicted molar refractivity (Wildman–Crippen MR) is 85.3 cm³/mol. The number of carbonyl (C=O) groups excluding carboxylic acids is 1. The number of hydrogen-bond acceptors (Lipinski definition) is 4. The van der Waals surface area contributed by atoms with E-state index in [0.717, 1.165) is 6.07 Å². The van der Waals surface area contributed by atoms with Gasteiger partial charge in [0.05, 0.1) is 5.69 Å². The predicted octanol–water partition coefficient (Wildman–Crippen LogP) is 2.72. The van der Waals surface area contributed by atoms with Crippen LogP contribution in [0.5, 0.6) is 0 Å². The van der Waals surface area contributed by atoms with Gasteiger partial charge >= 0.3 is 0 Å². The van der Waals surface area contributed by atoms with Crippen LogP contribution in [-0.2, 0) is 4.79 Å². The fraction of sp³-hybridized carbons (Fsp3) is 0.176. The number of nitrogens with zero attached hydrogens (tertiary/aromatic N) is 4. The Labute approximate surface area is 141 Å². The Hall–Kier alpha value is -3.16. The molecule has 0 saturated heterocycles. The number of halogens is 2. The molecule has 0 spiro atoms. The first-order valence-electron chi connectivity index (χ1n) is 7.66. The monoisotopic (exact) mass is 341 g/mol. The molecule has 1 amide bonds. The molecule has 0 fully saturated rings. The van der Waals surface area contributed by atoms with Gasteiger partial charge in [-0.15, -0.1) is 0 Å². The van der Waals surface area contributed by atoms with Crippen LogP contribution in [0.3, 0.4) is 0 Å². The van der Waals surface area contributed by atoms with E-state index in [1.165, 1.54) is 16.8 Å². The molecule has 1 aliphatic heterocycles. The van der Waals surface area contributed by atoms with Gasteiger partial charge < -0.3 is 5.32 Å². The number of aryl methyl sites for hydroxylation is 1. The average molecular weight is 341 g/mol. The van der Waals surface area contributed by atoms with Crippen LogP contribution in [0.15, 0.2) is 36.7 Å². The van der Waals surface area contributed by atoms with Gasteiger partial charge in [-0.2, -0.15) is 9.78 Å². The fourth-order valence-electron chi connectivity index (χ4n) is 3.14. The van der Waals surface area contributed by atoms with Gasteiger partial charge in [-0.3, -0.25) is 4.79 Å². The molecule has 2 aromatic heterocycles. The normalized spacial score (nSPS) is 16.4. The van der Waals surface area contributed by atoms with Crippen molar-refractivity contribution in [3.05, 3.63) is 65.1 Å². The third-order valence-electron chi connectivity index (χ3n) is 4.18. The van der Waals surface area contributed by atoms with Gasteiger partial charge in [-0.05, 0) is 24.6 Å². The van der Waals surface area contributed by atoms with Crippen LogP contribution in [0.25, 0.3) is 5.95 Å². The smallest absolute Gasteiger partial charge is 0.252 e. The molecule has 1 unspecified atom stereocenters. The largest absolute Gasteiger partial charge is 0.310 e. The third-order valence-corrected chi connectivity index (χ3v) is 4.18. The van der Waals surface area contributed by atoms with Crippen LogP contribution in [-0.4, -0.2) is 25.7 Å². The Morgan fingerprint density at radius 3 is 2.72 bits per heavy atom. The van der Waals surface area contributed by atoms with Crippen LogP contribution in [0, 0.1) is 18.6 Å². The van der Waals surface area contributed by atoms with Gasteiger partial charge in [0.15, 0.2) is 0 Å². The summed E-state index contributed by atoms with van der Waals surface area (Å²) in [6.07, 6.45) is 3.18. The molecular weight excluding hydrogens is 328 g/mol. The summed E-state index contributed by atoms with van der Waals surface area (Å²) >= 11 is 0. The number of fused-ring (bicyclic) bond motifs is 1. The SMILES string of the molecule is Cc1nn(-c2ncccn2)c2c1C(c1ccc(F)cc1F)CC(=O)N2. The van der Waals surface area contributed by atoms with Gasteiger partial charge in [-0.25, -0.2) is 18.7 Å². The molecule has 0 bridgehead atoms. The van der Waals surface area contributed by atoms with Crippen molar-refractivity contribution in [1.29, 1.82) is 0 Å². The summed E-state index contributed by atoms with van der Waals surface area (Å²) in [6, 6.07) is 5.04. The van der Waals surface area contributed by atoms with E-state index in [4.69, 9.17) is 0 Å². The highest BCUT2D eigenvalue weighted by atomic mass is 19.1. The zero-order valence-corrected chi connectivity index (χ0v) is 13.2. The second-order valence-electron chi connectivity index (χ2n) is 5.78. The lowest BCUT2D eigenvalue weighted by Crippen LogP contribution is -2.25. The summed E-state index contributed by atoms with van der Waals surface area (Å²) in [5.41, 5.74) is 1.56. The van der Waals surface area contributed by atoms with Crippen molar-refractivity contribution in [1.82, 2.24) is 19.7 Å². The molecule has 25 heavy (non-hydrogen) atoms. The van der Waals surface area contributed by atoms with E-state index in [0.29, 0.717) is 23.0 Å². The maximum Gasteiger partial charge on any atom is 0.252 e. The van der Waals surface area contributed by atoms with Crippen LogP contribution >= 0.6 is 0 Å². The number of amides is 1. The lowest BCUT2D eigenvalue weighted by molar-refractivity contribution is -0.116. The maximum atomic E-state index is 14.3. The lowest BCUT2D eigenvalue weighted by Gasteiger charge is -2.24. The Morgan fingerprint density at radius 2 is 2.00 bits per heavy atom. The van der Waals surface area contributed by atoms with E-state index >= 15 is 0 Å². The maximum absolute atomic E-state index is 14.3. The highest BCUT2D eigenvalue weighted by Crippen LogP contribution is 2.40. The average Bonchev–Trinajstić information content (AvgIpc) is 2.92. The quantitative estimate of drug-likeness (QED) is 0.778. The van der Waals surface area contributed by atoms with Crippen LogP contribution in [0.4, 0.5) is 14.6 Å². The second kappa shape index (κ2) is 5.73. The molecule has 0 aliphatic carbocycles. The first kappa shape index (κ1) is 15.4. The molecule has 3 aromatic rings. The molecule has 1 atom stereocenters. The number of anilines is 1. The molecule has 8 heteroatoms. The van der Waals surface area contributed by atoms with Crippen molar-refractivity contribution < 1.29 is 13.6 Å². The molecule has 3 heterocycles. The first-order valence-corrected chi connectivity index (χ1v) is 7.66. The van der Waals surface area contributed by atoms with Crippen molar-refractivity contribution in [3.8, 4) is 5.95 Å². The standard InChI is InChI=1S/C17H13F2N5O/c1-9-15-12(11-4-3-10(18)7-13(11)19)8-14(25)22-16(15)24(23-9)17-20-5-2-6-21-17/h2-7,12H,8H2,1H3,(H,22,25). The minimum absolute atomic E-state index is 0.0533. The van der Waals surface area contributed by atoms with Gasteiger partial charge in [0.25, 0.3) is 5.95 Å². The van der Waals surface area contributed by atoms with E-state index in [2.05, 4.69) is 20.4 Å². The van der Waals surface area contributed by atoms with Gasteiger partial charge in [-0.1, -0.05) is 6.07 Å². The molecule has 0 saturated carbocycles. The highest BCUT2D eigenvalue weighted by Gasteiger charge is 2.34. The number of benzene rings is 1. The Morgan fingerprint density at radius 1 is 1.24 bits per heavy atom. The van der Waals surface area contributed by atoms with E-state index in [9.17, 15) is 13.6 Å². The fourth-order valence-corrected chi connectivity index (χ4v) is 3.14. The minimum Gasteiger partial charge on any atom is -0.310 e. The number of rotatable bonds is 2. The molecule has 1 N–H and O–H groups in total. The summed E-state index contributed by atoms with van der Waals surface area (Å²) in [5, 5.41) is 7.16. The van der Waals surface area contributed by atoms with Crippen LogP contribution in [0.2, 0.25) is 0 Å². The molecule has 1 aliphatic rings. The summed E-state index contributed by atoms with van der Waals surface area (Å²) in [6.45, 7) is 1.77. The van der Waals surface area contributed by atoms with Gasteiger partial charge in [0.2, 0.25) is 5.91 Å². The van der Waals surface area contributed by atoms with Crippen LogP contribution < -0.4 is 5.32 Å².